The van der Waals surface area contributed by atoms with Crippen molar-refractivity contribution in [3.63, 3.8) is 0 Å². The van der Waals surface area contributed by atoms with Crippen LogP contribution in [0.5, 0.6) is 0 Å². The second-order valence-corrected chi connectivity index (χ2v) is 1.03. The van der Waals surface area contributed by atoms with Gasteiger partial charge in [-0.1, -0.05) is 5.16 Å². The van der Waals surface area contributed by atoms with Crippen molar-refractivity contribution >= 4 is 12.0 Å². The molecule has 0 spiro atoms. The molecule has 0 N–H and O–H groups in total. The molecule has 3 heteroatoms. The Balaban J connectivity index is 3.49. The van der Waals surface area contributed by atoms with Crippen LogP contribution >= 0.6 is 0 Å². The van der Waals surface area contributed by atoms with E-state index >= 15 is 0 Å². The first-order valence-electron chi connectivity index (χ1n) is 1.84. The van der Waals surface area contributed by atoms with Crippen LogP contribution < -0.4 is 0 Å². The van der Waals surface area contributed by atoms with Gasteiger partial charge in [-0.15, -0.1) is 0 Å². The monoisotopic (exact) mass is 101 g/mol. The lowest BCUT2D eigenvalue weighted by Gasteiger charge is -1.82. The standard InChI is InChI=1S/C4H7NO2/c1-4(3-6)5-7-2/h3H,1-2H3/b5-4+. The van der Waals surface area contributed by atoms with E-state index in [0.717, 1.165) is 0 Å². The van der Waals surface area contributed by atoms with Gasteiger partial charge in [0.15, 0.2) is 6.29 Å². The molecule has 0 fully saturated rings. The Morgan fingerprint density at radius 2 is 2.43 bits per heavy atom. The van der Waals surface area contributed by atoms with Gasteiger partial charge in [-0.05, 0) is 6.92 Å². The van der Waals surface area contributed by atoms with Gasteiger partial charge >= 0.3 is 0 Å². The SMILES string of the molecule is CO/N=C(\C)C=O. The average molecular weight is 101 g/mol. The Labute approximate surface area is 42.0 Å². The maximum atomic E-state index is 9.68. The Morgan fingerprint density at radius 1 is 1.86 bits per heavy atom. The van der Waals surface area contributed by atoms with E-state index < -0.39 is 0 Å². The Bertz CT molecular complexity index is 87.7. The van der Waals surface area contributed by atoms with E-state index in [1.165, 1.54) is 7.11 Å². The van der Waals surface area contributed by atoms with Crippen LogP contribution in [-0.4, -0.2) is 19.1 Å². The number of carbonyl (C=O) groups is 1. The minimum Gasteiger partial charge on any atom is -0.399 e. The zero-order chi connectivity index (χ0) is 5.70. The summed E-state index contributed by atoms with van der Waals surface area (Å²) in [6, 6.07) is 0. The van der Waals surface area contributed by atoms with Crippen LogP contribution in [0.2, 0.25) is 0 Å². The first-order chi connectivity index (χ1) is 3.31. The Kier molecular flexibility index (Phi) is 2.92. The van der Waals surface area contributed by atoms with Crippen molar-refractivity contribution in [2.24, 2.45) is 5.16 Å². The van der Waals surface area contributed by atoms with Gasteiger partial charge in [-0.3, -0.25) is 4.79 Å². The normalized spacial score (nSPS) is 10.9. The number of nitrogens with zero attached hydrogens (tertiary/aromatic N) is 1. The van der Waals surface area contributed by atoms with Crippen LogP contribution in [0.4, 0.5) is 0 Å². The molecule has 0 amide bonds. The highest BCUT2D eigenvalue weighted by atomic mass is 16.6. The van der Waals surface area contributed by atoms with Gasteiger partial charge in [0.25, 0.3) is 0 Å². The van der Waals surface area contributed by atoms with Crippen LogP contribution in [-0.2, 0) is 9.63 Å². The van der Waals surface area contributed by atoms with Gasteiger partial charge in [0.05, 0.1) is 0 Å². The molecular weight excluding hydrogens is 94.0 g/mol. The van der Waals surface area contributed by atoms with Gasteiger partial charge in [0.2, 0.25) is 0 Å². The van der Waals surface area contributed by atoms with Gasteiger partial charge < -0.3 is 4.84 Å². The molecule has 40 valence electrons. The van der Waals surface area contributed by atoms with Gasteiger partial charge in [-0.2, -0.15) is 0 Å². The van der Waals surface area contributed by atoms with E-state index in [4.69, 9.17) is 0 Å². The molecule has 0 atom stereocenters. The predicted molar refractivity (Wildman–Crippen MR) is 26.2 cm³/mol. The molecule has 7 heavy (non-hydrogen) atoms. The molecule has 0 aromatic carbocycles. The van der Waals surface area contributed by atoms with Gasteiger partial charge in [0, 0.05) is 0 Å². The Hall–Kier alpha value is -0.860. The molecule has 3 nitrogen and oxygen atoms in total. The van der Waals surface area contributed by atoms with Crippen LogP contribution in [0, 0.1) is 0 Å². The second kappa shape index (κ2) is 3.33. The fourth-order valence-electron chi connectivity index (χ4n) is 0.166. The predicted octanol–water partition coefficient (Wildman–Crippen LogP) is 0.208. The van der Waals surface area contributed by atoms with Crippen molar-refractivity contribution in [3.05, 3.63) is 0 Å². The quantitative estimate of drug-likeness (QED) is 0.283. The smallest absolute Gasteiger partial charge is 0.167 e. The summed E-state index contributed by atoms with van der Waals surface area (Å²) < 4.78 is 0. The minimum atomic E-state index is 0.350. The number of carbonyl (C=O) groups excluding carboxylic acids is 1. The van der Waals surface area contributed by atoms with Crippen molar-refractivity contribution in [1.82, 2.24) is 0 Å². The third kappa shape index (κ3) is 2.96. The fraction of sp³-hybridized carbons (Fsp3) is 0.500. The van der Waals surface area contributed by atoms with E-state index in [2.05, 4.69) is 9.99 Å². The summed E-state index contributed by atoms with van der Waals surface area (Å²) in [5, 5.41) is 3.29. The van der Waals surface area contributed by atoms with E-state index in [-0.39, 0.29) is 0 Å². The summed E-state index contributed by atoms with van der Waals surface area (Å²) in [4.78, 5) is 13.9. The molecule has 0 saturated heterocycles. The fourth-order valence-corrected chi connectivity index (χ4v) is 0.166. The first kappa shape index (κ1) is 6.14. The lowest BCUT2D eigenvalue weighted by Crippen LogP contribution is -1.90. The number of oxime groups is 1. The summed E-state index contributed by atoms with van der Waals surface area (Å²) in [5.41, 5.74) is 0.350. The van der Waals surface area contributed by atoms with Gasteiger partial charge in [0.1, 0.15) is 12.8 Å². The molecule has 0 radical (unpaired) electrons. The van der Waals surface area contributed by atoms with Crippen LogP contribution in [0.25, 0.3) is 0 Å². The highest BCUT2D eigenvalue weighted by Gasteiger charge is 1.79. The molecule has 0 aromatic rings. The number of rotatable bonds is 2. The van der Waals surface area contributed by atoms with E-state index in [0.29, 0.717) is 12.0 Å². The Morgan fingerprint density at radius 3 is 2.57 bits per heavy atom. The molecule has 0 bridgehead atoms. The molecule has 0 unspecified atom stereocenters. The largest absolute Gasteiger partial charge is 0.399 e. The van der Waals surface area contributed by atoms with Gasteiger partial charge in [-0.25, -0.2) is 0 Å². The number of hydrogen-bond donors (Lipinski definition) is 0. The zero-order valence-electron chi connectivity index (χ0n) is 4.34. The molecule has 0 aliphatic carbocycles. The minimum absolute atomic E-state index is 0.350. The van der Waals surface area contributed by atoms with Crippen LogP contribution in [0.15, 0.2) is 5.16 Å². The topological polar surface area (TPSA) is 38.7 Å². The van der Waals surface area contributed by atoms with Crippen molar-refractivity contribution in [3.8, 4) is 0 Å². The number of hydrogen-bond acceptors (Lipinski definition) is 3. The summed E-state index contributed by atoms with van der Waals surface area (Å²) in [7, 11) is 1.40. The lowest BCUT2D eigenvalue weighted by atomic mass is 10.5. The maximum absolute atomic E-state index is 9.68. The lowest BCUT2D eigenvalue weighted by molar-refractivity contribution is -0.102. The molecule has 0 aliphatic rings. The summed E-state index contributed by atoms with van der Waals surface area (Å²) in [5.74, 6) is 0. The van der Waals surface area contributed by atoms with Crippen molar-refractivity contribution in [1.29, 1.82) is 0 Å². The van der Waals surface area contributed by atoms with Crippen LogP contribution in [0.3, 0.4) is 0 Å². The first-order valence-corrected chi connectivity index (χ1v) is 1.84. The van der Waals surface area contributed by atoms with E-state index in [1.54, 1.807) is 6.92 Å². The summed E-state index contributed by atoms with van der Waals surface area (Å²) >= 11 is 0. The summed E-state index contributed by atoms with van der Waals surface area (Å²) in [6.45, 7) is 1.57. The second-order valence-electron chi connectivity index (χ2n) is 1.03. The molecule has 0 saturated carbocycles. The summed E-state index contributed by atoms with van der Waals surface area (Å²) in [6.07, 6.45) is 0.628. The molecule has 0 aliphatic heterocycles. The maximum Gasteiger partial charge on any atom is 0.167 e. The highest BCUT2D eigenvalue weighted by Crippen LogP contribution is 1.69. The van der Waals surface area contributed by atoms with E-state index in [1.807, 2.05) is 0 Å². The molecular formula is C4H7NO2. The average Bonchev–Trinajstić information content (AvgIpc) is 1.68. The molecule has 0 rings (SSSR count). The highest BCUT2D eigenvalue weighted by molar-refractivity contribution is 6.26. The van der Waals surface area contributed by atoms with E-state index in [9.17, 15) is 4.79 Å². The third-order valence-corrected chi connectivity index (χ3v) is 0.406. The molecule has 0 aromatic heterocycles. The number of aldehydes is 1. The van der Waals surface area contributed by atoms with Crippen molar-refractivity contribution in [2.45, 2.75) is 6.92 Å². The van der Waals surface area contributed by atoms with Crippen LogP contribution in [0.1, 0.15) is 6.92 Å². The van der Waals surface area contributed by atoms with Crippen molar-refractivity contribution < 1.29 is 9.63 Å². The van der Waals surface area contributed by atoms with Crippen molar-refractivity contribution in [2.75, 3.05) is 7.11 Å². The molecule has 0 heterocycles. The zero-order valence-corrected chi connectivity index (χ0v) is 4.34. The third-order valence-electron chi connectivity index (χ3n) is 0.406.